The lowest BCUT2D eigenvalue weighted by Crippen LogP contribution is -2.00. The molecule has 0 amide bonds. The van der Waals surface area contributed by atoms with E-state index in [2.05, 4.69) is 22.0 Å². The molecule has 0 saturated heterocycles. The Morgan fingerprint density at radius 1 is 1.00 bits per heavy atom. The average molecular weight is 299 g/mol. The van der Waals surface area contributed by atoms with Crippen molar-refractivity contribution in [2.75, 3.05) is 0 Å². The summed E-state index contributed by atoms with van der Waals surface area (Å²) in [5.41, 5.74) is 8.74. The standard InChI is InChI=1S/C15H11BrN2/c16-13-8-4-7-12(9-13)15(18)14(10-17)11-5-2-1-3-6-11/h1-9H,18H2/b15-14-. The SMILES string of the molecule is N#C/C(=C(/N)c1cccc(Br)c1)c1ccccc1. The minimum Gasteiger partial charge on any atom is -0.397 e. The molecule has 0 aliphatic carbocycles. The van der Waals surface area contributed by atoms with Gasteiger partial charge in [-0.3, -0.25) is 0 Å². The molecule has 2 aromatic carbocycles. The number of hydrogen-bond acceptors (Lipinski definition) is 2. The van der Waals surface area contributed by atoms with Gasteiger partial charge >= 0.3 is 0 Å². The number of benzene rings is 2. The first-order chi connectivity index (χ1) is 8.72. The van der Waals surface area contributed by atoms with E-state index in [9.17, 15) is 5.26 Å². The zero-order valence-electron chi connectivity index (χ0n) is 9.60. The average Bonchev–Trinajstić information content (AvgIpc) is 2.41. The number of hydrogen-bond donors (Lipinski definition) is 1. The van der Waals surface area contributed by atoms with Crippen LogP contribution in [0.3, 0.4) is 0 Å². The predicted molar refractivity (Wildman–Crippen MR) is 77.2 cm³/mol. The second-order valence-corrected chi connectivity index (χ2v) is 4.69. The zero-order valence-corrected chi connectivity index (χ0v) is 11.2. The van der Waals surface area contributed by atoms with Crippen LogP contribution in [0.1, 0.15) is 11.1 Å². The number of nitriles is 1. The second kappa shape index (κ2) is 5.52. The summed E-state index contributed by atoms with van der Waals surface area (Å²) in [6.07, 6.45) is 0. The maximum Gasteiger partial charge on any atom is 0.102 e. The molecule has 0 atom stereocenters. The number of nitrogens with two attached hydrogens (primary N) is 1. The molecule has 88 valence electrons. The molecule has 0 saturated carbocycles. The van der Waals surface area contributed by atoms with Crippen molar-refractivity contribution in [3.8, 4) is 6.07 Å². The molecular weight excluding hydrogens is 288 g/mol. The van der Waals surface area contributed by atoms with Gasteiger partial charge in [-0.05, 0) is 23.3 Å². The summed E-state index contributed by atoms with van der Waals surface area (Å²) in [5.74, 6) is 0. The first kappa shape index (κ1) is 12.4. The third kappa shape index (κ3) is 2.61. The number of rotatable bonds is 2. The van der Waals surface area contributed by atoms with Crippen LogP contribution in [0, 0.1) is 11.3 Å². The normalized spacial score (nSPS) is 11.6. The molecule has 2 aromatic rings. The largest absolute Gasteiger partial charge is 0.397 e. The van der Waals surface area contributed by atoms with Crippen LogP contribution in [0.15, 0.2) is 59.1 Å². The fraction of sp³-hybridized carbons (Fsp3) is 0. The highest BCUT2D eigenvalue weighted by molar-refractivity contribution is 9.10. The molecule has 2 rings (SSSR count). The van der Waals surface area contributed by atoms with Crippen LogP contribution in [-0.4, -0.2) is 0 Å². The van der Waals surface area contributed by atoms with Gasteiger partial charge in [-0.2, -0.15) is 5.26 Å². The molecule has 2 nitrogen and oxygen atoms in total. The Kier molecular flexibility index (Phi) is 3.81. The minimum atomic E-state index is 0.491. The first-order valence-electron chi connectivity index (χ1n) is 5.43. The lowest BCUT2D eigenvalue weighted by atomic mass is 10.0. The maximum atomic E-state index is 9.28. The van der Waals surface area contributed by atoms with Crippen molar-refractivity contribution in [2.45, 2.75) is 0 Å². The monoisotopic (exact) mass is 298 g/mol. The van der Waals surface area contributed by atoms with Crippen LogP contribution < -0.4 is 5.73 Å². The number of allylic oxidation sites excluding steroid dienone is 1. The third-order valence-corrected chi connectivity index (χ3v) is 3.07. The van der Waals surface area contributed by atoms with Crippen LogP contribution in [0.5, 0.6) is 0 Å². The van der Waals surface area contributed by atoms with Crippen molar-refractivity contribution >= 4 is 27.2 Å². The van der Waals surface area contributed by atoms with Crippen molar-refractivity contribution < 1.29 is 0 Å². The summed E-state index contributed by atoms with van der Waals surface area (Å²) >= 11 is 3.40. The Balaban J connectivity index is 2.55. The van der Waals surface area contributed by atoms with E-state index in [0.29, 0.717) is 11.3 Å². The van der Waals surface area contributed by atoms with Crippen molar-refractivity contribution in [2.24, 2.45) is 5.73 Å². The summed E-state index contributed by atoms with van der Waals surface area (Å²) < 4.78 is 0.938. The Morgan fingerprint density at radius 3 is 2.28 bits per heavy atom. The highest BCUT2D eigenvalue weighted by atomic mass is 79.9. The van der Waals surface area contributed by atoms with Crippen LogP contribution in [0.2, 0.25) is 0 Å². The molecule has 0 spiro atoms. The molecule has 0 unspecified atom stereocenters. The van der Waals surface area contributed by atoms with Crippen molar-refractivity contribution in [1.82, 2.24) is 0 Å². The topological polar surface area (TPSA) is 49.8 Å². The fourth-order valence-electron chi connectivity index (χ4n) is 1.69. The molecule has 18 heavy (non-hydrogen) atoms. The molecule has 2 N–H and O–H groups in total. The summed E-state index contributed by atoms with van der Waals surface area (Å²) in [6, 6.07) is 19.2. The van der Waals surface area contributed by atoms with Gasteiger partial charge in [0.25, 0.3) is 0 Å². The molecule has 0 fully saturated rings. The van der Waals surface area contributed by atoms with Crippen LogP contribution in [-0.2, 0) is 0 Å². The van der Waals surface area contributed by atoms with Gasteiger partial charge < -0.3 is 5.73 Å². The fourth-order valence-corrected chi connectivity index (χ4v) is 2.08. The Hall–Kier alpha value is -2.05. The van der Waals surface area contributed by atoms with Gasteiger partial charge in [0.05, 0.1) is 11.3 Å². The first-order valence-corrected chi connectivity index (χ1v) is 6.23. The van der Waals surface area contributed by atoms with E-state index in [1.54, 1.807) is 0 Å². The second-order valence-electron chi connectivity index (χ2n) is 3.78. The number of nitrogens with zero attached hydrogens (tertiary/aromatic N) is 1. The lowest BCUT2D eigenvalue weighted by Gasteiger charge is -2.06. The van der Waals surface area contributed by atoms with Gasteiger partial charge in [-0.1, -0.05) is 58.4 Å². The molecular formula is C15H11BrN2. The van der Waals surface area contributed by atoms with Gasteiger partial charge in [0.2, 0.25) is 0 Å². The van der Waals surface area contributed by atoms with Gasteiger partial charge in [-0.15, -0.1) is 0 Å². The lowest BCUT2D eigenvalue weighted by molar-refractivity contribution is 1.47. The van der Waals surface area contributed by atoms with E-state index in [4.69, 9.17) is 5.73 Å². The van der Waals surface area contributed by atoms with E-state index in [1.807, 2.05) is 54.6 Å². The van der Waals surface area contributed by atoms with E-state index in [0.717, 1.165) is 15.6 Å². The van der Waals surface area contributed by atoms with Crippen LogP contribution in [0.25, 0.3) is 11.3 Å². The third-order valence-electron chi connectivity index (χ3n) is 2.58. The van der Waals surface area contributed by atoms with Crippen LogP contribution >= 0.6 is 15.9 Å². The zero-order chi connectivity index (χ0) is 13.0. The van der Waals surface area contributed by atoms with Crippen molar-refractivity contribution in [3.63, 3.8) is 0 Å². The molecule has 0 heterocycles. The van der Waals surface area contributed by atoms with Gasteiger partial charge in [0.15, 0.2) is 0 Å². The summed E-state index contributed by atoms with van der Waals surface area (Å²) in [6.45, 7) is 0. The highest BCUT2D eigenvalue weighted by Crippen LogP contribution is 2.23. The Labute approximate surface area is 114 Å². The summed E-state index contributed by atoms with van der Waals surface area (Å²) in [5, 5.41) is 9.28. The van der Waals surface area contributed by atoms with Crippen molar-refractivity contribution in [1.29, 1.82) is 5.26 Å². The molecule has 0 aliphatic rings. The Morgan fingerprint density at radius 2 is 1.67 bits per heavy atom. The van der Waals surface area contributed by atoms with E-state index >= 15 is 0 Å². The molecule has 0 bridgehead atoms. The molecule has 0 aromatic heterocycles. The van der Waals surface area contributed by atoms with Gasteiger partial charge in [0, 0.05) is 4.47 Å². The predicted octanol–water partition coefficient (Wildman–Crippen LogP) is 3.80. The highest BCUT2D eigenvalue weighted by Gasteiger charge is 2.08. The molecule has 3 heteroatoms. The molecule has 0 radical (unpaired) electrons. The Bertz CT molecular complexity index is 624. The van der Waals surface area contributed by atoms with E-state index < -0.39 is 0 Å². The smallest absolute Gasteiger partial charge is 0.102 e. The van der Waals surface area contributed by atoms with Crippen LogP contribution in [0.4, 0.5) is 0 Å². The maximum absolute atomic E-state index is 9.28. The van der Waals surface area contributed by atoms with Gasteiger partial charge in [0.1, 0.15) is 6.07 Å². The minimum absolute atomic E-state index is 0.491. The molecule has 0 aliphatic heterocycles. The summed E-state index contributed by atoms with van der Waals surface area (Å²) in [7, 11) is 0. The summed E-state index contributed by atoms with van der Waals surface area (Å²) in [4.78, 5) is 0. The van der Waals surface area contributed by atoms with E-state index in [-0.39, 0.29) is 0 Å². The van der Waals surface area contributed by atoms with Crippen molar-refractivity contribution in [3.05, 3.63) is 70.2 Å². The van der Waals surface area contributed by atoms with Gasteiger partial charge in [-0.25, -0.2) is 0 Å². The number of halogens is 1. The quantitative estimate of drug-likeness (QED) is 0.677. The van der Waals surface area contributed by atoms with E-state index in [1.165, 1.54) is 0 Å².